The van der Waals surface area contributed by atoms with E-state index >= 15 is 0 Å². The Morgan fingerprint density at radius 1 is 1.32 bits per heavy atom. The maximum absolute atomic E-state index is 12.3. The van der Waals surface area contributed by atoms with E-state index in [2.05, 4.69) is 6.58 Å². The van der Waals surface area contributed by atoms with E-state index in [1.54, 1.807) is 19.1 Å². The highest BCUT2D eigenvalue weighted by molar-refractivity contribution is 6.12. The van der Waals surface area contributed by atoms with Gasteiger partial charge in [-0.25, -0.2) is 9.69 Å². The molecule has 0 spiro atoms. The Balaban J connectivity index is 1.86. The van der Waals surface area contributed by atoms with Gasteiger partial charge in [0, 0.05) is 0 Å². The fourth-order valence-corrected chi connectivity index (χ4v) is 2.88. The van der Waals surface area contributed by atoms with E-state index in [1.165, 1.54) is 0 Å². The Morgan fingerprint density at radius 3 is 2.32 bits per heavy atom. The number of likely N-dealkylation sites (tertiary alicyclic amines) is 1. The lowest BCUT2D eigenvalue weighted by Crippen LogP contribution is -2.36. The van der Waals surface area contributed by atoms with Crippen molar-refractivity contribution in [2.75, 3.05) is 6.61 Å². The van der Waals surface area contributed by atoms with Gasteiger partial charge in [0.05, 0.1) is 30.7 Å². The molecule has 0 N–H and O–H groups in total. The van der Waals surface area contributed by atoms with Crippen LogP contribution in [0.15, 0.2) is 24.4 Å². The summed E-state index contributed by atoms with van der Waals surface area (Å²) in [4.78, 5) is 37.0. The molecule has 3 aliphatic rings. The zero-order valence-electron chi connectivity index (χ0n) is 10.4. The van der Waals surface area contributed by atoms with Gasteiger partial charge in [-0.15, -0.1) is 0 Å². The fraction of sp³-hybridized carbons (Fsp3) is 0.462. The minimum Gasteiger partial charge on any atom is -0.461 e. The zero-order valence-corrected chi connectivity index (χ0v) is 10.4. The predicted octanol–water partition coefficient (Wildman–Crippen LogP) is 0.00160. The summed E-state index contributed by atoms with van der Waals surface area (Å²) in [5.74, 6) is -2.66. The molecule has 0 aliphatic carbocycles. The molecule has 0 saturated carbocycles. The summed E-state index contributed by atoms with van der Waals surface area (Å²) >= 11 is 0. The number of carbonyl (C=O) groups excluding carboxylic acids is 3. The van der Waals surface area contributed by atoms with Crippen LogP contribution in [0.3, 0.4) is 0 Å². The highest BCUT2D eigenvalue weighted by Gasteiger charge is 2.61. The van der Waals surface area contributed by atoms with Gasteiger partial charge in [-0.05, 0) is 6.92 Å². The minimum atomic E-state index is -0.745. The van der Waals surface area contributed by atoms with Crippen molar-refractivity contribution in [1.29, 1.82) is 0 Å². The van der Waals surface area contributed by atoms with E-state index in [0.717, 1.165) is 4.90 Å². The molecule has 2 bridgehead atoms. The summed E-state index contributed by atoms with van der Waals surface area (Å²) in [7, 11) is 0. The quantitative estimate of drug-likeness (QED) is 0.310. The zero-order chi connectivity index (χ0) is 13.7. The SMILES string of the molecule is C=C(C(=O)OCC)N1C(=O)C2C3C=CC(O3)C2C1=O. The molecule has 4 atom stereocenters. The Labute approximate surface area is 109 Å². The Bertz CT molecular complexity index is 493. The molecule has 2 saturated heterocycles. The van der Waals surface area contributed by atoms with Crippen LogP contribution in [0.5, 0.6) is 0 Å². The number of fused-ring (bicyclic) bond motifs is 5. The van der Waals surface area contributed by atoms with E-state index in [1.807, 2.05) is 0 Å². The summed E-state index contributed by atoms with van der Waals surface area (Å²) in [6.07, 6.45) is 2.83. The summed E-state index contributed by atoms with van der Waals surface area (Å²) in [6, 6.07) is 0. The molecule has 4 unspecified atom stereocenters. The molecule has 0 aromatic carbocycles. The van der Waals surface area contributed by atoms with Crippen molar-refractivity contribution in [3.63, 3.8) is 0 Å². The number of imide groups is 1. The van der Waals surface area contributed by atoms with Crippen molar-refractivity contribution < 1.29 is 23.9 Å². The van der Waals surface area contributed by atoms with Crippen LogP contribution < -0.4 is 0 Å². The third-order valence-corrected chi connectivity index (χ3v) is 3.69. The Kier molecular flexibility index (Phi) is 2.56. The van der Waals surface area contributed by atoms with E-state index in [-0.39, 0.29) is 24.5 Å². The molecular weight excluding hydrogens is 250 g/mol. The Hall–Kier alpha value is -1.95. The number of nitrogens with zero attached hydrogens (tertiary/aromatic N) is 1. The topological polar surface area (TPSA) is 72.9 Å². The van der Waals surface area contributed by atoms with Gasteiger partial charge in [0.2, 0.25) is 11.8 Å². The molecule has 3 heterocycles. The molecule has 0 aromatic heterocycles. The number of rotatable bonds is 3. The van der Waals surface area contributed by atoms with Crippen molar-refractivity contribution in [2.45, 2.75) is 19.1 Å². The minimum absolute atomic E-state index is 0.164. The first-order valence-electron chi connectivity index (χ1n) is 6.14. The van der Waals surface area contributed by atoms with E-state index in [0.29, 0.717) is 0 Å². The molecule has 100 valence electrons. The van der Waals surface area contributed by atoms with Crippen molar-refractivity contribution in [2.24, 2.45) is 11.8 Å². The number of amides is 2. The molecular formula is C13H13NO5. The molecule has 19 heavy (non-hydrogen) atoms. The largest absolute Gasteiger partial charge is 0.461 e. The lowest BCUT2D eigenvalue weighted by atomic mass is 9.85. The average molecular weight is 263 g/mol. The van der Waals surface area contributed by atoms with Gasteiger partial charge in [-0.3, -0.25) is 9.59 Å². The van der Waals surface area contributed by atoms with Gasteiger partial charge in [0.15, 0.2) is 0 Å². The lowest BCUT2D eigenvalue weighted by Gasteiger charge is -2.18. The van der Waals surface area contributed by atoms with Gasteiger partial charge in [-0.1, -0.05) is 18.7 Å². The monoisotopic (exact) mass is 263 g/mol. The molecule has 2 fully saturated rings. The van der Waals surface area contributed by atoms with Crippen LogP contribution in [0.2, 0.25) is 0 Å². The first-order valence-corrected chi connectivity index (χ1v) is 6.14. The number of ether oxygens (including phenoxy) is 2. The highest BCUT2D eigenvalue weighted by atomic mass is 16.5. The fourth-order valence-electron chi connectivity index (χ4n) is 2.88. The molecule has 0 radical (unpaired) electrons. The van der Waals surface area contributed by atoms with Crippen molar-refractivity contribution in [1.82, 2.24) is 4.90 Å². The second kappa shape index (κ2) is 4.03. The second-order valence-electron chi connectivity index (χ2n) is 4.68. The second-order valence-corrected chi connectivity index (χ2v) is 4.68. The first-order chi connectivity index (χ1) is 9.06. The van der Waals surface area contributed by atoms with Gasteiger partial charge in [-0.2, -0.15) is 0 Å². The van der Waals surface area contributed by atoms with Gasteiger partial charge in [0.1, 0.15) is 5.70 Å². The lowest BCUT2D eigenvalue weighted by molar-refractivity contribution is -0.148. The molecule has 0 aromatic rings. The molecule has 6 nitrogen and oxygen atoms in total. The van der Waals surface area contributed by atoms with Crippen LogP contribution in [0, 0.1) is 11.8 Å². The summed E-state index contributed by atoms with van der Waals surface area (Å²) in [5, 5.41) is 0. The highest BCUT2D eigenvalue weighted by Crippen LogP contribution is 2.45. The van der Waals surface area contributed by atoms with Crippen LogP contribution in [-0.4, -0.2) is 41.5 Å². The smallest absolute Gasteiger partial charge is 0.354 e. The maximum atomic E-state index is 12.3. The van der Waals surface area contributed by atoms with Crippen LogP contribution in [0.4, 0.5) is 0 Å². The average Bonchev–Trinajstić information content (AvgIpc) is 3.03. The first kappa shape index (κ1) is 12.1. The summed E-state index contributed by atoms with van der Waals surface area (Å²) < 4.78 is 10.3. The third-order valence-electron chi connectivity index (χ3n) is 3.69. The van der Waals surface area contributed by atoms with Crippen LogP contribution in [0.25, 0.3) is 0 Å². The van der Waals surface area contributed by atoms with Crippen molar-refractivity contribution in [3.05, 3.63) is 24.4 Å². The van der Waals surface area contributed by atoms with Crippen LogP contribution in [-0.2, 0) is 23.9 Å². The number of esters is 1. The molecule has 3 rings (SSSR count). The molecule has 6 heteroatoms. The Morgan fingerprint density at radius 2 is 1.84 bits per heavy atom. The number of hydrogen-bond acceptors (Lipinski definition) is 5. The van der Waals surface area contributed by atoms with Gasteiger partial charge < -0.3 is 9.47 Å². The van der Waals surface area contributed by atoms with Crippen LogP contribution >= 0.6 is 0 Å². The van der Waals surface area contributed by atoms with E-state index in [4.69, 9.17) is 9.47 Å². The van der Waals surface area contributed by atoms with E-state index < -0.39 is 29.6 Å². The van der Waals surface area contributed by atoms with Gasteiger partial charge in [0.25, 0.3) is 0 Å². The molecule has 3 aliphatic heterocycles. The number of hydrogen-bond donors (Lipinski definition) is 0. The molecule has 2 amide bonds. The van der Waals surface area contributed by atoms with Crippen LogP contribution in [0.1, 0.15) is 6.92 Å². The summed E-state index contributed by atoms with van der Waals surface area (Å²) in [5.41, 5.74) is -0.217. The van der Waals surface area contributed by atoms with Crippen molar-refractivity contribution in [3.8, 4) is 0 Å². The maximum Gasteiger partial charge on any atom is 0.354 e. The predicted molar refractivity (Wildman–Crippen MR) is 62.4 cm³/mol. The van der Waals surface area contributed by atoms with E-state index in [9.17, 15) is 14.4 Å². The van der Waals surface area contributed by atoms with Crippen molar-refractivity contribution >= 4 is 17.8 Å². The summed E-state index contributed by atoms with van der Waals surface area (Å²) in [6.45, 7) is 5.31. The third kappa shape index (κ3) is 1.49. The normalized spacial score (nSPS) is 34.9. The van der Waals surface area contributed by atoms with Gasteiger partial charge >= 0.3 is 5.97 Å². The standard InChI is InChI=1S/C13H13NO5/c1-3-18-13(17)6(2)14-11(15)9-7-4-5-8(19-7)10(9)12(14)16/h4-5,7-10H,2-3H2,1H3. The number of carbonyl (C=O) groups is 3.